The Bertz CT molecular complexity index is 1300. The average molecular weight is 543 g/mol. The first kappa shape index (κ1) is 26.6. The van der Waals surface area contributed by atoms with Crippen molar-refractivity contribution in [2.24, 2.45) is 0 Å². The molecule has 1 atom stereocenters. The molecule has 194 valence electrons. The molecule has 0 spiro atoms. The number of urea groups is 2. The van der Waals surface area contributed by atoms with Crippen LogP contribution in [0.25, 0.3) is 0 Å². The molecule has 1 aliphatic rings. The smallest absolute Gasteiger partial charge is 0.347 e. The second-order valence-electron chi connectivity index (χ2n) is 9.16. The normalized spacial score (nSPS) is 16.6. The molecule has 2 N–H and O–H groups in total. The molecule has 0 aliphatic carbocycles. The summed E-state index contributed by atoms with van der Waals surface area (Å²) in [6, 6.07) is 19.7. The molecule has 1 heterocycles. The zero-order valence-corrected chi connectivity index (χ0v) is 22.2. The number of para-hydroxylation sites is 1. The number of hydrogen-bond acceptors (Lipinski definition) is 4. The van der Waals surface area contributed by atoms with Gasteiger partial charge < -0.3 is 15.0 Å². The molecule has 4 amide bonds. The van der Waals surface area contributed by atoms with Gasteiger partial charge in [0.25, 0.3) is 0 Å². The van der Waals surface area contributed by atoms with Crippen molar-refractivity contribution >= 4 is 46.6 Å². The van der Waals surface area contributed by atoms with Gasteiger partial charge in [-0.15, -0.1) is 0 Å². The molecule has 10 heteroatoms. The number of nitrogens with one attached hydrogen (secondary N) is 1. The number of hydroxylamine groups is 2. The summed E-state index contributed by atoms with van der Waals surface area (Å²) in [6.07, 6.45) is -0.564. The van der Waals surface area contributed by atoms with Crippen molar-refractivity contribution in [3.63, 3.8) is 0 Å². The predicted octanol–water partition coefficient (Wildman–Crippen LogP) is 6.51. The fraction of sp³-hybridized carbons (Fsp3) is 0.259. The first-order valence-corrected chi connectivity index (χ1v) is 12.4. The standard InChI is InChI=1S/C27H28Cl2N4O4/c1-27(2)24(33(36)25(34)30-21-11-6-9-19(28)16-21)32(22-12-7-10-20(29)17-22)26(35)31(27)15-14-18-8-4-5-13-23(18)37-3/h4-13,16-17,24,36H,14-15H2,1-3H3,(H,30,34)/t24-/m1/s1. The predicted molar refractivity (Wildman–Crippen MR) is 145 cm³/mol. The maximum absolute atomic E-state index is 13.8. The van der Waals surface area contributed by atoms with E-state index in [1.807, 2.05) is 24.3 Å². The van der Waals surface area contributed by atoms with E-state index < -0.39 is 17.7 Å². The minimum atomic E-state index is -1.07. The third kappa shape index (κ3) is 5.46. The van der Waals surface area contributed by atoms with Gasteiger partial charge in [0.1, 0.15) is 5.75 Å². The first-order valence-electron chi connectivity index (χ1n) is 11.7. The summed E-state index contributed by atoms with van der Waals surface area (Å²) in [4.78, 5) is 30.0. The highest BCUT2D eigenvalue weighted by Crippen LogP contribution is 2.39. The van der Waals surface area contributed by atoms with E-state index in [0.29, 0.717) is 39.4 Å². The molecule has 0 aromatic heterocycles. The number of halogens is 2. The van der Waals surface area contributed by atoms with Gasteiger partial charge in [0.05, 0.1) is 12.6 Å². The van der Waals surface area contributed by atoms with Crippen molar-refractivity contribution in [1.29, 1.82) is 0 Å². The summed E-state index contributed by atoms with van der Waals surface area (Å²) in [7, 11) is 1.60. The van der Waals surface area contributed by atoms with Crippen molar-refractivity contribution < 1.29 is 19.5 Å². The summed E-state index contributed by atoms with van der Waals surface area (Å²) >= 11 is 12.3. The van der Waals surface area contributed by atoms with Gasteiger partial charge in [-0.1, -0.05) is 53.5 Å². The molecule has 3 aromatic carbocycles. The van der Waals surface area contributed by atoms with Crippen LogP contribution in [0.4, 0.5) is 21.0 Å². The highest BCUT2D eigenvalue weighted by atomic mass is 35.5. The van der Waals surface area contributed by atoms with Crippen molar-refractivity contribution in [1.82, 2.24) is 9.96 Å². The lowest BCUT2D eigenvalue weighted by molar-refractivity contribution is -0.0947. The van der Waals surface area contributed by atoms with E-state index in [-0.39, 0.29) is 6.03 Å². The van der Waals surface area contributed by atoms with E-state index in [1.165, 1.54) is 4.90 Å². The van der Waals surface area contributed by atoms with Gasteiger partial charge in [0, 0.05) is 28.0 Å². The lowest BCUT2D eigenvalue weighted by atomic mass is 9.99. The first-order chi connectivity index (χ1) is 17.6. The van der Waals surface area contributed by atoms with E-state index in [1.54, 1.807) is 74.4 Å². The number of hydrogen-bond donors (Lipinski definition) is 2. The maximum atomic E-state index is 13.8. The number of anilines is 2. The molecule has 4 rings (SSSR count). The zero-order chi connectivity index (χ0) is 26.7. The van der Waals surface area contributed by atoms with Crippen molar-refractivity contribution in [3.8, 4) is 5.75 Å². The Morgan fingerprint density at radius 3 is 2.41 bits per heavy atom. The van der Waals surface area contributed by atoms with E-state index in [2.05, 4.69) is 5.32 Å². The molecular formula is C27H28Cl2N4O4. The number of carbonyl (C=O) groups is 2. The summed E-state index contributed by atoms with van der Waals surface area (Å²) in [5.74, 6) is 0.722. The third-order valence-corrected chi connectivity index (χ3v) is 6.88. The Morgan fingerprint density at radius 2 is 1.73 bits per heavy atom. The number of amides is 4. The van der Waals surface area contributed by atoms with Gasteiger partial charge >= 0.3 is 12.1 Å². The SMILES string of the molecule is COc1ccccc1CCN1C(=O)N(c2cccc(Cl)c2)[C@H](N(O)C(=O)Nc2cccc(Cl)c2)C1(C)C. The fourth-order valence-corrected chi connectivity index (χ4v) is 4.98. The van der Waals surface area contributed by atoms with Crippen molar-refractivity contribution in [3.05, 3.63) is 88.4 Å². The molecule has 37 heavy (non-hydrogen) atoms. The summed E-state index contributed by atoms with van der Waals surface area (Å²) < 4.78 is 5.46. The Morgan fingerprint density at radius 1 is 1.05 bits per heavy atom. The van der Waals surface area contributed by atoms with E-state index in [4.69, 9.17) is 27.9 Å². The molecular weight excluding hydrogens is 515 g/mol. The molecule has 0 saturated carbocycles. The number of rotatable bonds is 7. The molecule has 1 fully saturated rings. The second kappa shape index (κ2) is 10.9. The highest BCUT2D eigenvalue weighted by Gasteiger charge is 2.55. The van der Waals surface area contributed by atoms with Gasteiger partial charge in [-0.05, 0) is 68.3 Å². The van der Waals surface area contributed by atoms with Crippen LogP contribution >= 0.6 is 23.2 Å². The fourth-order valence-electron chi connectivity index (χ4n) is 4.61. The van der Waals surface area contributed by atoms with Gasteiger partial charge in [-0.3, -0.25) is 10.1 Å². The number of methoxy groups -OCH3 is 1. The number of carbonyl (C=O) groups excluding carboxylic acids is 2. The third-order valence-electron chi connectivity index (χ3n) is 6.41. The lowest BCUT2D eigenvalue weighted by Crippen LogP contribution is -2.58. The van der Waals surface area contributed by atoms with Crippen LogP contribution in [0.15, 0.2) is 72.8 Å². The second-order valence-corrected chi connectivity index (χ2v) is 10.0. The zero-order valence-electron chi connectivity index (χ0n) is 20.7. The largest absolute Gasteiger partial charge is 0.496 e. The van der Waals surface area contributed by atoms with E-state index in [0.717, 1.165) is 11.3 Å². The summed E-state index contributed by atoms with van der Waals surface area (Å²) in [6.45, 7) is 3.93. The molecule has 1 aliphatic heterocycles. The Hall–Kier alpha value is -3.46. The molecule has 8 nitrogen and oxygen atoms in total. The van der Waals surface area contributed by atoms with Gasteiger partial charge in [0.15, 0.2) is 6.17 Å². The number of nitrogens with zero attached hydrogens (tertiary/aromatic N) is 3. The van der Waals surface area contributed by atoms with Crippen LogP contribution in [0, 0.1) is 0 Å². The van der Waals surface area contributed by atoms with E-state index in [9.17, 15) is 14.8 Å². The summed E-state index contributed by atoms with van der Waals surface area (Å²) in [5, 5.41) is 15.2. The van der Waals surface area contributed by atoms with Crippen LogP contribution < -0.4 is 15.0 Å². The van der Waals surface area contributed by atoms with E-state index >= 15 is 0 Å². The number of ether oxygens (including phenoxy) is 1. The molecule has 0 unspecified atom stereocenters. The van der Waals surface area contributed by atoms with Crippen molar-refractivity contribution in [2.75, 3.05) is 23.9 Å². The van der Waals surface area contributed by atoms with Crippen LogP contribution in [0.2, 0.25) is 10.0 Å². The molecule has 0 bridgehead atoms. The van der Waals surface area contributed by atoms with Crippen LogP contribution in [0.5, 0.6) is 5.75 Å². The van der Waals surface area contributed by atoms with Crippen LogP contribution in [-0.2, 0) is 6.42 Å². The number of benzene rings is 3. The lowest BCUT2D eigenvalue weighted by Gasteiger charge is -2.38. The van der Waals surface area contributed by atoms with Crippen LogP contribution in [0.1, 0.15) is 19.4 Å². The molecule has 3 aromatic rings. The minimum absolute atomic E-state index is 0.323. The molecule has 0 radical (unpaired) electrons. The Balaban J connectivity index is 1.67. The van der Waals surface area contributed by atoms with Gasteiger partial charge in [-0.25, -0.2) is 9.59 Å². The average Bonchev–Trinajstić information content (AvgIpc) is 3.06. The van der Waals surface area contributed by atoms with Crippen molar-refractivity contribution in [2.45, 2.75) is 32.0 Å². The Kier molecular flexibility index (Phi) is 7.82. The maximum Gasteiger partial charge on any atom is 0.347 e. The Labute approximate surface area is 225 Å². The van der Waals surface area contributed by atoms with Gasteiger partial charge in [-0.2, -0.15) is 5.06 Å². The summed E-state index contributed by atoms with van der Waals surface area (Å²) in [5.41, 5.74) is 0.791. The monoisotopic (exact) mass is 542 g/mol. The molecule has 1 saturated heterocycles. The highest BCUT2D eigenvalue weighted by molar-refractivity contribution is 6.31. The van der Waals surface area contributed by atoms with Crippen LogP contribution in [-0.4, -0.2) is 52.6 Å². The topological polar surface area (TPSA) is 85.3 Å². The van der Waals surface area contributed by atoms with Gasteiger partial charge in [0.2, 0.25) is 0 Å². The quantitative estimate of drug-likeness (QED) is 0.263. The minimum Gasteiger partial charge on any atom is -0.496 e. The van der Waals surface area contributed by atoms with Crippen LogP contribution in [0.3, 0.4) is 0 Å².